The molecule has 0 aromatic carbocycles. The van der Waals surface area contributed by atoms with Crippen LogP contribution in [0.1, 0.15) is 17.1 Å². The summed E-state index contributed by atoms with van der Waals surface area (Å²) in [4.78, 5) is 8.23. The number of oxazole rings is 1. The molecular weight excluding hydrogens is 312 g/mol. The second-order valence-electron chi connectivity index (χ2n) is 4.51. The van der Waals surface area contributed by atoms with Crippen molar-refractivity contribution in [3.8, 4) is 11.7 Å². The zero-order valence-corrected chi connectivity index (χ0v) is 13.0. The maximum atomic E-state index is 12.3. The summed E-state index contributed by atoms with van der Waals surface area (Å²) in [7, 11) is -3.52. The van der Waals surface area contributed by atoms with E-state index >= 15 is 0 Å². The number of aryl methyl sites for hydroxylation is 2. The fourth-order valence-electron chi connectivity index (χ4n) is 1.78. The number of furan rings is 1. The van der Waals surface area contributed by atoms with Crippen LogP contribution in [-0.2, 0) is 15.6 Å². The molecule has 3 heterocycles. The zero-order chi connectivity index (χ0) is 15.0. The van der Waals surface area contributed by atoms with E-state index in [1.54, 1.807) is 31.4 Å². The summed E-state index contributed by atoms with van der Waals surface area (Å²) in [5, 5.41) is 1.71. The number of nitrogens with zero attached hydrogens (tertiary/aromatic N) is 2. The number of aromatic nitrogens is 2. The van der Waals surface area contributed by atoms with Gasteiger partial charge in [-0.2, -0.15) is 0 Å². The predicted molar refractivity (Wildman–Crippen MR) is 76.7 cm³/mol. The maximum Gasteiger partial charge on any atom is 0.263 e. The van der Waals surface area contributed by atoms with Crippen molar-refractivity contribution >= 4 is 21.2 Å². The molecule has 0 N–H and O–H groups in total. The summed E-state index contributed by atoms with van der Waals surface area (Å²) in [5.74, 6) is 0.957. The van der Waals surface area contributed by atoms with Crippen LogP contribution in [0.4, 0.5) is 0 Å². The molecule has 0 unspecified atom stereocenters. The lowest BCUT2D eigenvalue weighted by Crippen LogP contribution is -2.06. The molecule has 0 aliphatic heterocycles. The van der Waals surface area contributed by atoms with Crippen LogP contribution < -0.4 is 0 Å². The topological polar surface area (TPSA) is 86.2 Å². The Bertz CT molecular complexity index is 860. The van der Waals surface area contributed by atoms with Crippen LogP contribution in [0.2, 0.25) is 0 Å². The zero-order valence-electron chi connectivity index (χ0n) is 11.4. The largest absolute Gasteiger partial charge is 0.459 e. The van der Waals surface area contributed by atoms with E-state index in [4.69, 9.17) is 8.83 Å². The molecule has 3 rings (SSSR count). The second-order valence-corrected chi connectivity index (χ2v) is 7.53. The fraction of sp³-hybridized carbons (Fsp3) is 0.231. The van der Waals surface area contributed by atoms with Gasteiger partial charge in [-0.15, -0.1) is 11.3 Å². The van der Waals surface area contributed by atoms with Crippen LogP contribution in [0.3, 0.4) is 0 Å². The van der Waals surface area contributed by atoms with Crippen molar-refractivity contribution in [1.82, 2.24) is 9.97 Å². The third-order valence-electron chi connectivity index (χ3n) is 2.82. The van der Waals surface area contributed by atoms with Crippen LogP contribution in [0.25, 0.3) is 11.7 Å². The van der Waals surface area contributed by atoms with Gasteiger partial charge in [0.2, 0.25) is 14.2 Å². The van der Waals surface area contributed by atoms with Gasteiger partial charge in [0.05, 0.1) is 12.0 Å². The van der Waals surface area contributed by atoms with Crippen LogP contribution in [0, 0.1) is 13.8 Å². The monoisotopic (exact) mass is 324 g/mol. The molecule has 0 saturated carbocycles. The van der Waals surface area contributed by atoms with E-state index in [0.717, 1.165) is 11.3 Å². The van der Waals surface area contributed by atoms with E-state index < -0.39 is 9.84 Å². The molecule has 0 saturated heterocycles. The van der Waals surface area contributed by atoms with Gasteiger partial charge in [0, 0.05) is 11.1 Å². The summed E-state index contributed by atoms with van der Waals surface area (Å²) in [6.45, 7) is 3.43. The van der Waals surface area contributed by atoms with Gasteiger partial charge in [-0.25, -0.2) is 18.4 Å². The molecule has 0 aliphatic rings. The van der Waals surface area contributed by atoms with Crippen molar-refractivity contribution in [1.29, 1.82) is 0 Å². The molecular formula is C13H12N2O4S2. The minimum absolute atomic E-state index is 0.0990. The maximum absolute atomic E-state index is 12.3. The van der Waals surface area contributed by atoms with Gasteiger partial charge in [-0.1, -0.05) is 0 Å². The second kappa shape index (κ2) is 5.12. The van der Waals surface area contributed by atoms with Crippen LogP contribution in [0.5, 0.6) is 0 Å². The third-order valence-corrected chi connectivity index (χ3v) is 5.89. The van der Waals surface area contributed by atoms with Gasteiger partial charge in [-0.3, -0.25) is 0 Å². The molecule has 0 fully saturated rings. The number of sulfone groups is 1. The van der Waals surface area contributed by atoms with E-state index in [-0.39, 0.29) is 16.0 Å². The first-order valence-electron chi connectivity index (χ1n) is 6.11. The van der Waals surface area contributed by atoms with E-state index in [0.29, 0.717) is 22.9 Å². The van der Waals surface area contributed by atoms with Crippen molar-refractivity contribution in [2.24, 2.45) is 0 Å². The van der Waals surface area contributed by atoms with Crippen LogP contribution in [0.15, 0.2) is 36.9 Å². The number of hydrogen-bond donors (Lipinski definition) is 0. The predicted octanol–water partition coefficient (Wildman–Crippen LogP) is 2.98. The summed E-state index contributed by atoms with van der Waals surface area (Å²) >= 11 is 1.11. The lowest BCUT2D eigenvalue weighted by molar-refractivity contribution is 0.500. The minimum Gasteiger partial charge on any atom is -0.459 e. The Labute approximate surface area is 125 Å². The van der Waals surface area contributed by atoms with E-state index in [1.165, 1.54) is 6.26 Å². The first-order valence-corrected chi connectivity index (χ1v) is 8.64. The molecule has 3 aromatic heterocycles. The average Bonchev–Trinajstić information content (AvgIpc) is 3.11. The highest BCUT2D eigenvalue weighted by Crippen LogP contribution is 2.25. The van der Waals surface area contributed by atoms with Gasteiger partial charge in [-0.05, 0) is 26.0 Å². The molecule has 0 bridgehead atoms. The Kier molecular flexibility index (Phi) is 3.42. The van der Waals surface area contributed by atoms with Crippen molar-refractivity contribution in [3.63, 3.8) is 0 Å². The fourth-order valence-corrected chi connectivity index (χ4v) is 4.25. The Morgan fingerprint density at radius 2 is 2.10 bits per heavy atom. The van der Waals surface area contributed by atoms with Crippen molar-refractivity contribution in [3.05, 3.63) is 40.9 Å². The third kappa shape index (κ3) is 2.77. The quantitative estimate of drug-likeness (QED) is 0.733. The van der Waals surface area contributed by atoms with Crippen LogP contribution >= 0.6 is 11.3 Å². The normalized spacial score (nSPS) is 11.9. The molecule has 3 aromatic rings. The summed E-state index contributed by atoms with van der Waals surface area (Å²) in [6.07, 6.45) is 1.50. The molecule has 0 radical (unpaired) electrons. The molecule has 0 spiro atoms. The standard InChI is InChI=1S/C13H12N2O4S2/c1-8-6-20-13(14-8)21(16,17)7-10-9(2)19-12(15-10)11-4-3-5-18-11/h3-6H,7H2,1-2H3. The Morgan fingerprint density at radius 1 is 1.29 bits per heavy atom. The number of rotatable bonds is 4. The highest BCUT2D eigenvalue weighted by Gasteiger charge is 2.24. The molecule has 0 aliphatic carbocycles. The summed E-state index contributed by atoms with van der Waals surface area (Å²) in [6, 6.07) is 3.41. The Morgan fingerprint density at radius 3 is 2.71 bits per heavy atom. The summed E-state index contributed by atoms with van der Waals surface area (Å²) < 4.78 is 35.4. The first kappa shape index (κ1) is 14.0. The van der Waals surface area contributed by atoms with Gasteiger partial charge >= 0.3 is 0 Å². The molecule has 0 amide bonds. The minimum atomic E-state index is -3.52. The molecule has 110 valence electrons. The molecule has 0 atom stereocenters. The van der Waals surface area contributed by atoms with Gasteiger partial charge in [0.1, 0.15) is 11.5 Å². The van der Waals surface area contributed by atoms with E-state index in [9.17, 15) is 8.42 Å². The molecule has 8 heteroatoms. The Hall–Kier alpha value is -1.93. The van der Waals surface area contributed by atoms with Gasteiger partial charge < -0.3 is 8.83 Å². The molecule has 21 heavy (non-hydrogen) atoms. The van der Waals surface area contributed by atoms with Crippen molar-refractivity contribution < 1.29 is 17.3 Å². The lowest BCUT2D eigenvalue weighted by atomic mass is 10.4. The lowest BCUT2D eigenvalue weighted by Gasteiger charge is -1.97. The van der Waals surface area contributed by atoms with Crippen molar-refractivity contribution in [2.45, 2.75) is 23.9 Å². The first-order chi connectivity index (χ1) is 9.95. The smallest absolute Gasteiger partial charge is 0.263 e. The number of hydrogen-bond acceptors (Lipinski definition) is 7. The van der Waals surface area contributed by atoms with Crippen molar-refractivity contribution in [2.75, 3.05) is 0 Å². The molecule has 6 nitrogen and oxygen atoms in total. The highest BCUT2D eigenvalue weighted by atomic mass is 32.2. The summed E-state index contributed by atoms with van der Waals surface area (Å²) in [5.41, 5.74) is 1.06. The Balaban J connectivity index is 1.92. The van der Waals surface area contributed by atoms with Gasteiger partial charge in [0.25, 0.3) is 5.89 Å². The average molecular weight is 324 g/mol. The number of thiazole rings is 1. The highest BCUT2D eigenvalue weighted by molar-refractivity contribution is 7.92. The van der Waals surface area contributed by atoms with Gasteiger partial charge in [0.15, 0.2) is 5.76 Å². The SMILES string of the molecule is Cc1csc(S(=O)(=O)Cc2nc(-c3ccco3)oc2C)n1. The van der Waals surface area contributed by atoms with Crippen LogP contribution in [-0.4, -0.2) is 18.4 Å². The van der Waals surface area contributed by atoms with E-state index in [1.807, 2.05) is 0 Å². The van der Waals surface area contributed by atoms with E-state index in [2.05, 4.69) is 9.97 Å².